The lowest BCUT2D eigenvalue weighted by atomic mass is 9.88. The van der Waals surface area contributed by atoms with Crippen LogP contribution in [0.3, 0.4) is 0 Å². The van der Waals surface area contributed by atoms with Crippen molar-refractivity contribution >= 4 is 11.6 Å². The van der Waals surface area contributed by atoms with Gasteiger partial charge in [0.15, 0.2) is 11.5 Å². The molecule has 5 heteroatoms. The van der Waals surface area contributed by atoms with Crippen molar-refractivity contribution in [3.05, 3.63) is 53.6 Å². The van der Waals surface area contributed by atoms with Crippen molar-refractivity contribution in [2.75, 3.05) is 7.11 Å². The molecule has 0 bridgehead atoms. The van der Waals surface area contributed by atoms with Gasteiger partial charge in [-0.05, 0) is 54.2 Å². The first kappa shape index (κ1) is 21.5. The van der Waals surface area contributed by atoms with Gasteiger partial charge in [-0.25, -0.2) is 0 Å². The number of aromatic hydroxyl groups is 2. The van der Waals surface area contributed by atoms with Gasteiger partial charge in [-0.15, -0.1) is 0 Å². The number of hydrogen-bond acceptors (Lipinski definition) is 5. The van der Waals surface area contributed by atoms with E-state index in [1.54, 1.807) is 30.3 Å². The Morgan fingerprint density at radius 1 is 1.07 bits per heavy atom. The van der Waals surface area contributed by atoms with E-state index in [9.17, 15) is 19.8 Å². The van der Waals surface area contributed by atoms with Gasteiger partial charge < -0.3 is 14.9 Å². The second-order valence-corrected chi connectivity index (χ2v) is 7.05. The number of aryl methyl sites for hydroxylation is 1. The molecule has 0 spiro atoms. The van der Waals surface area contributed by atoms with Gasteiger partial charge in [-0.3, -0.25) is 9.59 Å². The first-order chi connectivity index (χ1) is 13.4. The van der Waals surface area contributed by atoms with Crippen molar-refractivity contribution in [3.63, 3.8) is 0 Å². The summed E-state index contributed by atoms with van der Waals surface area (Å²) in [5, 5.41) is 19.3. The van der Waals surface area contributed by atoms with Crippen LogP contribution in [0.2, 0.25) is 0 Å². The molecule has 5 nitrogen and oxygen atoms in total. The molecule has 150 valence electrons. The molecular formula is C23H28O5. The molecule has 0 aliphatic heterocycles. The Morgan fingerprint density at radius 3 is 2.54 bits per heavy atom. The molecule has 0 saturated heterocycles. The maximum atomic E-state index is 12.4. The zero-order valence-electron chi connectivity index (χ0n) is 16.5. The average molecular weight is 384 g/mol. The monoisotopic (exact) mass is 384 g/mol. The van der Waals surface area contributed by atoms with E-state index in [0.717, 1.165) is 24.0 Å². The number of rotatable bonds is 11. The van der Waals surface area contributed by atoms with Crippen molar-refractivity contribution in [2.45, 2.75) is 51.4 Å². The molecule has 0 heterocycles. The fourth-order valence-electron chi connectivity index (χ4n) is 3.33. The SMILES string of the molecule is CCCC(CC(=O)CC(=O)CCc1ccc(O)c(OC)c1)c1cccc(O)c1. The van der Waals surface area contributed by atoms with Crippen molar-refractivity contribution < 1.29 is 24.5 Å². The molecule has 0 fully saturated rings. The van der Waals surface area contributed by atoms with Crippen LogP contribution >= 0.6 is 0 Å². The first-order valence-electron chi connectivity index (χ1n) is 9.61. The number of carbonyl (C=O) groups excluding carboxylic acids is 2. The van der Waals surface area contributed by atoms with E-state index in [1.165, 1.54) is 13.2 Å². The Bertz CT molecular complexity index is 812. The highest BCUT2D eigenvalue weighted by molar-refractivity contribution is 5.99. The van der Waals surface area contributed by atoms with E-state index in [1.807, 2.05) is 6.07 Å². The lowest BCUT2D eigenvalue weighted by molar-refractivity contribution is -0.127. The van der Waals surface area contributed by atoms with Crippen LogP contribution in [0.4, 0.5) is 0 Å². The van der Waals surface area contributed by atoms with E-state index in [2.05, 4.69) is 6.92 Å². The van der Waals surface area contributed by atoms with Crippen LogP contribution in [0, 0.1) is 0 Å². The van der Waals surface area contributed by atoms with E-state index in [-0.39, 0.29) is 41.8 Å². The molecule has 28 heavy (non-hydrogen) atoms. The van der Waals surface area contributed by atoms with Crippen LogP contribution in [-0.2, 0) is 16.0 Å². The Labute approximate surface area is 166 Å². The van der Waals surface area contributed by atoms with E-state index in [0.29, 0.717) is 18.6 Å². The number of ketones is 2. The molecule has 2 aromatic rings. The average Bonchev–Trinajstić information content (AvgIpc) is 2.67. The molecule has 1 unspecified atom stereocenters. The van der Waals surface area contributed by atoms with Crippen LogP contribution in [0.5, 0.6) is 17.2 Å². The van der Waals surface area contributed by atoms with E-state index >= 15 is 0 Å². The highest BCUT2D eigenvalue weighted by Gasteiger charge is 2.18. The Hall–Kier alpha value is -2.82. The van der Waals surface area contributed by atoms with Crippen LogP contribution in [0.25, 0.3) is 0 Å². The first-order valence-corrected chi connectivity index (χ1v) is 9.61. The number of phenols is 2. The normalized spacial score (nSPS) is 11.8. The summed E-state index contributed by atoms with van der Waals surface area (Å²) in [4.78, 5) is 24.7. The van der Waals surface area contributed by atoms with Crippen LogP contribution in [0.15, 0.2) is 42.5 Å². The summed E-state index contributed by atoms with van der Waals surface area (Å²) in [7, 11) is 1.47. The minimum absolute atomic E-state index is 0.0127. The maximum Gasteiger partial charge on any atom is 0.160 e. The van der Waals surface area contributed by atoms with Crippen LogP contribution < -0.4 is 4.74 Å². The van der Waals surface area contributed by atoms with Gasteiger partial charge >= 0.3 is 0 Å². The van der Waals surface area contributed by atoms with Crippen molar-refractivity contribution in [1.29, 1.82) is 0 Å². The molecule has 2 rings (SSSR count). The topological polar surface area (TPSA) is 83.8 Å². The van der Waals surface area contributed by atoms with Gasteiger partial charge in [0, 0.05) is 12.8 Å². The van der Waals surface area contributed by atoms with Gasteiger partial charge in [0.1, 0.15) is 17.3 Å². The summed E-state index contributed by atoms with van der Waals surface area (Å²) < 4.78 is 5.07. The summed E-state index contributed by atoms with van der Waals surface area (Å²) in [5.74, 6) is 0.458. The van der Waals surface area contributed by atoms with Gasteiger partial charge in [0.05, 0.1) is 13.5 Å². The number of hydrogen-bond donors (Lipinski definition) is 2. The van der Waals surface area contributed by atoms with E-state index in [4.69, 9.17) is 4.74 Å². The van der Waals surface area contributed by atoms with Crippen molar-refractivity contribution in [2.24, 2.45) is 0 Å². The summed E-state index contributed by atoms with van der Waals surface area (Å²) in [6.07, 6.45) is 2.74. The summed E-state index contributed by atoms with van der Waals surface area (Å²) in [6.45, 7) is 2.05. The predicted molar refractivity (Wildman–Crippen MR) is 108 cm³/mol. The molecule has 0 amide bonds. The Balaban J connectivity index is 1.89. The van der Waals surface area contributed by atoms with Crippen molar-refractivity contribution in [1.82, 2.24) is 0 Å². The number of benzene rings is 2. The molecule has 0 aromatic heterocycles. The largest absolute Gasteiger partial charge is 0.508 e. The summed E-state index contributed by atoms with van der Waals surface area (Å²) in [6, 6.07) is 12.0. The minimum atomic E-state index is -0.0943. The van der Waals surface area contributed by atoms with Gasteiger partial charge in [0.25, 0.3) is 0 Å². The second-order valence-electron chi connectivity index (χ2n) is 7.05. The molecular weight excluding hydrogens is 356 g/mol. The predicted octanol–water partition coefficient (Wildman–Crippen LogP) is 4.54. The van der Waals surface area contributed by atoms with E-state index < -0.39 is 0 Å². The highest BCUT2D eigenvalue weighted by Crippen LogP contribution is 2.29. The van der Waals surface area contributed by atoms with Gasteiger partial charge in [0.2, 0.25) is 0 Å². The quantitative estimate of drug-likeness (QED) is 0.556. The van der Waals surface area contributed by atoms with Crippen LogP contribution in [-0.4, -0.2) is 28.9 Å². The highest BCUT2D eigenvalue weighted by atomic mass is 16.5. The van der Waals surface area contributed by atoms with Gasteiger partial charge in [-0.1, -0.05) is 31.5 Å². The summed E-state index contributed by atoms with van der Waals surface area (Å²) >= 11 is 0. The third-order valence-corrected chi connectivity index (χ3v) is 4.78. The smallest absolute Gasteiger partial charge is 0.160 e. The zero-order valence-corrected chi connectivity index (χ0v) is 16.5. The lowest BCUT2D eigenvalue weighted by Crippen LogP contribution is -2.12. The third kappa shape index (κ3) is 6.41. The van der Waals surface area contributed by atoms with Crippen LogP contribution in [0.1, 0.15) is 56.1 Å². The fraction of sp³-hybridized carbons (Fsp3) is 0.391. The number of ether oxygens (including phenoxy) is 1. The number of Topliss-reactive ketones (excluding diaryl/α,β-unsaturated/α-hetero) is 2. The molecule has 0 aliphatic carbocycles. The standard InChI is InChI=1S/C23H28O5/c1-3-5-17(18-6-4-7-19(24)13-18)14-21(26)15-20(25)10-8-16-9-11-22(27)23(12-16)28-2/h4,6-7,9,11-13,17,24,27H,3,5,8,10,14-15H2,1-2H3. The zero-order chi connectivity index (χ0) is 20.5. The Kier molecular flexibility index (Phi) is 8.05. The van der Waals surface area contributed by atoms with Crippen molar-refractivity contribution in [3.8, 4) is 17.2 Å². The minimum Gasteiger partial charge on any atom is -0.508 e. The maximum absolute atomic E-state index is 12.4. The molecule has 0 aliphatic rings. The molecule has 2 aromatic carbocycles. The Morgan fingerprint density at radius 2 is 1.86 bits per heavy atom. The number of methoxy groups -OCH3 is 1. The molecule has 0 radical (unpaired) electrons. The fourth-order valence-corrected chi connectivity index (χ4v) is 3.33. The third-order valence-electron chi connectivity index (χ3n) is 4.78. The second kappa shape index (κ2) is 10.5. The molecule has 0 saturated carbocycles. The molecule has 1 atom stereocenters. The lowest BCUT2D eigenvalue weighted by Gasteiger charge is -2.16. The molecule has 2 N–H and O–H groups in total. The number of carbonyl (C=O) groups is 2. The van der Waals surface area contributed by atoms with Gasteiger partial charge in [-0.2, -0.15) is 0 Å². The number of phenolic OH excluding ortho intramolecular Hbond substituents is 2. The summed E-state index contributed by atoms with van der Waals surface area (Å²) in [5.41, 5.74) is 1.80.